The van der Waals surface area contributed by atoms with E-state index in [9.17, 15) is 14.4 Å². The highest BCUT2D eigenvalue weighted by Gasteiger charge is 2.21. The fourth-order valence-corrected chi connectivity index (χ4v) is 2.89. The van der Waals surface area contributed by atoms with E-state index in [1.165, 1.54) is 11.9 Å². The maximum Gasteiger partial charge on any atom is 0.359 e. The molecule has 0 saturated carbocycles. The number of aryl methyl sites for hydroxylation is 1. The van der Waals surface area contributed by atoms with Gasteiger partial charge >= 0.3 is 5.97 Å². The van der Waals surface area contributed by atoms with E-state index in [2.05, 4.69) is 5.10 Å². The number of ether oxygens (including phenoxy) is 1. The number of nitriles is 1. The molecule has 0 unspecified atom stereocenters. The van der Waals surface area contributed by atoms with Gasteiger partial charge in [0, 0.05) is 24.7 Å². The molecule has 1 heterocycles. The van der Waals surface area contributed by atoms with Gasteiger partial charge in [0.05, 0.1) is 17.9 Å². The van der Waals surface area contributed by atoms with E-state index in [0.717, 1.165) is 4.68 Å². The largest absolute Gasteiger partial charge is 0.451 e. The molecule has 0 radical (unpaired) electrons. The Hall–Kier alpha value is -3.99. The van der Waals surface area contributed by atoms with Gasteiger partial charge in [-0.1, -0.05) is 36.4 Å². The minimum atomic E-state index is -0.807. The molecule has 0 fully saturated rings. The maximum atomic E-state index is 12.6. The van der Waals surface area contributed by atoms with Crippen LogP contribution in [0.3, 0.4) is 0 Å². The van der Waals surface area contributed by atoms with Gasteiger partial charge in [-0.25, -0.2) is 9.48 Å². The van der Waals surface area contributed by atoms with Crippen molar-refractivity contribution in [3.05, 3.63) is 70.6 Å². The molecule has 0 atom stereocenters. The normalized spacial score (nSPS) is 10.3. The van der Waals surface area contributed by atoms with E-state index < -0.39 is 18.5 Å². The second-order valence-electron chi connectivity index (χ2n) is 6.19. The van der Waals surface area contributed by atoms with Crippen LogP contribution >= 0.6 is 0 Å². The molecule has 0 saturated heterocycles. The zero-order valence-corrected chi connectivity index (χ0v) is 15.7. The number of rotatable bonds is 6. The van der Waals surface area contributed by atoms with Crippen LogP contribution in [0.25, 0.3) is 10.8 Å². The van der Waals surface area contributed by atoms with Crippen molar-refractivity contribution in [2.45, 2.75) is 6.42 Å². The molecule has 8 nitrogen and oxygen atoms in total. The van der Waals surface area contributed by atoms with Gasteiger partial charge < -0.3 is 9.64 Å². The highest BCUT2D eigenvalue weighted by Crippen LogP contribution is 2.16. The second kappa shape index (κ2) is 8.80. The molecule has 0 aliphatic heterocycles. The predicted octanol–water partition coefficient (Wildman–Crippen LogP) is 2.04. The van der Waals surface area contributed by atoms with Crippen LogP contribution < -0.4 is 10.5 Å². The number of amides is 1. The second-order valence-corrected chi connectivity index (χ2v) is 6.19. The Bertz CT molecular complexity index is 1150. The first kappa shape index (κ1) is 19.8. The zero-order chi connectivity index (χ0) is 20.8. The molecule has 0 aliphatic carbocycles. The van der Waals surface area contributed by atoms with E-state index >= 15 is 0 Å². The van der Waals surface area contributed by atoms with Crippen molar-refractivity contribution in [2.24, 2.45) is 7.05 Å². The van der Waals surface area contributed by atoms with Crippen molar-refractivity contribution in [1.29, 1.82) is 5.26 Å². The lowest BCUT2D eigenvalue weighted by Gasteiger charge is -2.21. The maximum absolute atomic E-state index is 12.6. The number of hydrogen-bond acceptors (Lipinski definition) is 6. The fourth-order valence-electron chi connectivity index (χ4n) is 2.89. The molecule has 0 aliphatic rings. The highest BCUT2D eigenvalue weighted by atomic mass is 16.5. The van der Waals surface area contributed by atoms with Crippen molar-refractivity contribution >= 4 is 28.3 Å². The molecular formula is C21H18N4O4. The van der Waals surface area contributed by atoms with Crippen LogP contribution in [0.4, 0.5) is 5.69 Å². The molecule has 1 amide bonds. The zero-order valence-electron chi connectivity index (χ0n) is 15.7. The van der Waals surface area contributed by atoms with E-state index in [4.69, 9.17) is 10.00 Å². The first-order valence-electron chi connectivity index (χ1n) is 8.88. The standard InChI is InChI=1S/C21H18N4O4/c1-24-20(27)17-11-6-5-10-16(17)19(23-24)21(28)29-14-18(26)25(13-7-12-22)15-8-3-2-4-9-15/h2-6,8-11H,7,13-14H2,1H3. The van der Waals surface area contributed by atoms with Crippen LogP contribution in [0.15, 0.2) is 59.4 Å². The van der Waals surface area contributed by atoms with Crippen LogP contribution in [0.2, 0.25) is 0 Å². The van der Waals surface area contributed by atoms with Gasteiger partial charge in [0.15, 0.2) is 12.3 Å². The molecule has 146 valence electrons. The van der Waals surface area contributed by atoms with Gasteiger partial charge in [0.2, 0.25) is 0 Å². The van der Waals surface area contributed by atoms with Gasteiger partial charge in [-0.2, -0.15) is 10.4 Å². The Balaban J connectivity index is 1.80. The molecule has 1 aromatic heterocycles. The van der Waals surface area contributed by atoms with Crippen molar-refractivity contribution in [2.75, 3.05) is 18.1 Å². The summed E-state index contributed by atoms with van der Waals surface area (Å²) in [4.78, 5) is 38.8. The van der Waals surface area contributed by atoms with Gasteiger partial charge in [-0.15, -0.1) is 0 Å². The number of carbonyl (C=O) groups is 2. The summed E-state index contributed by atoms with van der Waals surface area (Å²) < 4.78 is 6.24. The number of carbonyl (C=O) groups excluding carboxylic acids is 2. The van der Waals surface area contributed by atoms with E-state index in [1.54, 1.807) is 48.5 Å². The number of benzene rings is 2. The van der Waals surface area contributed by atoms with E-state index in [0.29, 0.717) is 16.5 Å². The van der Waals surface area contributed by atoms with Crippen LogP contribution in [0, 0.1) is 11.3 Å². The van der Waals surface area contributed by atoms with Crippen molar-refractivity contribution < 1.29 is 14.3 Å². The monoisotopic (exact) mass is 390 g/mol. The summed E-state index contributed by atoms with van der Waals surface area (Å²) >= 11 is 0. The Morgan fingerprint density at radius 1 is 1.10 bits per heavy atom. The lowest BCUT2D eigenvalue weighted by atomic mass is 10.1. The fraction of sp³-hybridized carbons (Fsp3) is 0.190. The summed E-state index contributed by atoms with van der Waals surface area (Å²) in [6, 6.07) is 17.4. The minimum Gasteiger partial charge on any atom is -0.451 e. The molecule has 8 heteroatoms. The summed E-state index contributed by atoms with van der Waals surface area (Å²) in [7, 11) is 1.44. The van der Waals surface area contributed by atoms with Crippen LogP contribution in [0.1, 0.15) is 16.9 Å². The average Bonchev–Trinajstić information content (AvgIpc) is 2.75. The number of anilines is 1. The molecule has 3 aromatic rings. The van der Waals surface area contributed by atoms with Crippen molar-refractivity contribution in [3.63, 3.8) is 0 Å². The van der Waals surface area contributed by atoms with Crippen LogP contribution in [-0.2, 0) is 16.6 Å². The minimum absolute atomic E-state index is 0.0428. The Morgan fingerprint density at radius 3 is 2.45 bits per heavy atom. The molecule has 29 heavy (non-hydrogen) atoms. The Morgan fingerprint density at radius 2 is 1.76 bits per heavy atom. The summed E-state index contributed by atoms with van der Waals surface area (Å²) in [5.41, 5.74) is 0.230. The lowest BCUT2D eigenvalue weighted by Crippen LogP contribution is -2.35. The Labute approximate surface area is 166 Å². The van der Waals surface area contributed by atoms with Gasteiger partial charge in [-0.3, -0.25) is 9.59 Å². The van der Waals surface area contributed by atoms with Gasteiger partial charge in [0.1, 0.15) is 0 Å². The third-order valence-electron chi connectivity index (χ3n) is 4.29. The summed E-state index contributed by atoms with van der Waals surface area (Å²) in [5, 5.41) is 13.5. The molecular weight excluding hydrogens is 372 g/mol. The number of hydrogen-bond donors (Lipinski definition) is 0. The predicted molar refractivity (Wildman–Crippen MR) is 106 cm³/mol. The third-order valence-corrected chi connectivity index (χ3v) is 4.29. The quantitative estimate of drug-likeness (QED) is 0.597. The smallest absolute Gasteiger partial charge is 0.359 e. The SMILES string of the molecule is Cn1nc(C(=O)OCC(=O)N(CCC#N)c2ccccc2)c2ccccc2c1=O. The average molecular weight is 390 g/mol. The summed E-state index contributed by atoms with van der Waals surface area (Å²) in [6.07, 6.45) is 0.140. The molecule has 2 aromatic carbocycles. The van der Waals surface area contributed by atoms with Crippen LogP contribution in [-0.4, -0.2) is 34.8 Å². The number of nitrogens with zero attached hydrogens (tertiary/aromatic N) is 4. The number of para-hydroxylation sites is 1. The highest BCUT2D eigenvalue weighted by molar-refractivity contribution is 6.03. The van der Waals surface area contributed by atoms with E-state index in [-0.39, 0.29) is 24.2 Å². The van der Waals surface area contributed by atoms with Crippen molar-refractivity contribution in [3.8, 4) is 6.07 Å². The summed E-state index contributed by atoms with van der Waals surface area (Å²) in [5.74, 6) is -1.27. The molecule has 0 spiro atoms. The first-order valence-corrected chi connectivity index (χ1v) is 8.88. The number of fused-ring (bicyclic) bond motifs is 1. The summed E-state index contributed by atoms with van der Waals surface area (Å²) in [6.45, 7) is -0.337. The Kier molecular flexibility index (Phi) is 6.00. The number of aromatic nitrogens is 2. The van der Waals surface area contributed by atoms with Crippen molar-refractivity contribution in [1.82, 2.24) is 9.78 Å². The topological polar surface area (TPSA) is 105 Å². The van der Waals surface area contributed by atoms with Gasteiger partial charge in [0.25, 0.3) is 11.5 Å². The van der Waals surface area contributed by atoms with E-state index in [1.807, 2.05) is 12.1 Å². The lowest BCUT2D eigenvalue weighted by molar-refractivity contribution is -0.121. The third kappa shape index (κ3) is 4.30. The van der Waals surface area contributed by atoms with Gasteiger partial charge in [-0.05, 0) is 18.2 Å². The molecule has 3 rings (SSSR count). The molecule has 0 N–H and O–H groups in total. The van der Waals surface area contributed by atoms with Crippen LogP contribution in [0.5, 0.6) is 0 Å². The number of esters is 1. The first-order chi connectivity index (χ1) is 14.0. The molecule has 0 bridgehead atoms.